The number of nitrogen functional groups attached to an aromatic ring is 1. The molecule has 9 nitrogen and oxygen atoms in total. The Hall–Kier alpha value is -4.60. The van der Waals surface area contributed by atoms with E-state index in [0.717, 1.165) is 0 Å². The van der Waals surface area contributed by atoms with Crippen LogP contribution in [-0.2, 0) is 4.79 Å². The minimum Gasteiger partial charge on any atom is -0.396 e. The van der Waals surface area contributed by atoms with E-state index in [0.29, 0.717) is 16.9 Å². The van der Waals surface area contributed by atoms with E-state index in [2.05, 4.69) is 22.6 Å². The Bertz CT molecular complexity index is 2030. The molecule has 1 aliphatic rings. The molecule has 14 heteroatoms. The third-order valence-corrected chi connectivity index (χ3v) is 8.70. The van der Waals surface area contributed by atoms with Crippen LogP contribution < -0.4 is 16.2 Å². The fraction of sp³-hybridized carbons (Fsp3) is 0.281. The smallest absolute Gasteiger partial charge is 0.276 e. The number of aromatic nitrogens is 3. The van der Waals surface area contributed by atoms with Crippen molar-refractivity contribution in [1.82, 2.24) is 19.4 Å². The van der Waals surface area contributed by atoms with Crippen molar-refractivity contribution in [3.05, 3.63) is 85.7 Å². The predicted molar refractivity (Wildman–Crippen MR) is 172 cm³/mol. The molecule has 0 bridgehead atoms. The summed E-state index contributed by atoms with van der Waals surface area (Å²) in [5.41, 5.74) is 4.92. The van der Waals surface area contributed by atoms with Gasteiger partial charge in [-0.2, -0.15) is 5.26 Å². The molecule has 5 rings (SSSR count). The molecule has 1 saturated heterocycles. The van der Waals surface area contributed by atoms with Crippen LogP contribution in [0.4, 0.5) is 24.5 Å². The molecule has 3 aromatic heterocycles. The number of carbonyl (C=O) groups is 1. The van der Waals surface area contributed by atoms with Crippen molar-refractivity contribution < 1.29 is 18.0 Å². The number of anilines is 2. The molecule has 4 heterocycles. The first-order chi connectivity index (χ1) is 21.7. The third kappa shape index (κ3) is 5.13. The van der Waals surface area contributed by atoms with Crippen LogP contribution in [0.25, 0.3) is 28.0 Å². The van der Waals surface area contributed by atoms with Crippen molar-refractivity contribution >= 4 is 51.5 Å². The highest BCUT2D eigenvalue weighted by atomic mass is 35.5. The molecule has 0 saturated carbocycles. The summed E-state index contributed by atoms with van der Waals surface area (Å²) in [6, 6.07) is 4.80. The molecule has 238 valence electrons. The molecule has 1 atom stereocenters. The third-order valence-electron chi connectivity index (χ3n) is 8.05. The number of hydrogen-bond acceptors (Lipinski definition) is 7. The van der Waals surface area contributed by atoms with Gasteiger partial charge in [-0.25, -0.2) is 18.2 Å². The number of halogens is 5. The maximum atomic E-state index is 14.7. The van der Waals surface area contributed by atoms with E-state index in [1.54, 1.807) is 29.0 Å². The Kier molecular flexibility index (Phi) is 8.77. The molecule has 1 fully saturated rings. The van der Waals surface area contributed by atoms with Gasteiger partial charge < -0.3 is 15.5 Å². The number of hydrogen-bond donors (Lipinski definition) is 1. The molecule has 0 aliphatic carbocycles. The SMILES string of the molecule is C=CC(=O)N1CCN(c2c(C#N)c(=O)n(-c3c(C)ccnc3C(C)C)c3nc(-c4c(N)c(F)c(F)c(F)c4Cl)c(Cl)cc23)CC1C. The van der Waals surface area contributed by atoms with Gasteiger partial charge in [0.25, 0.3) is 5.56 Å². The summed E-state index contributed by atoms with van der Waals surface area (Å²) in [4.78, 5) is 39.4. The highest BCUT2D eigenvalue weighted by Gasteiger charge is 2.33. The predicted octanol–water partition coefficient (Wildman–Crippen LogP) is 6.28. The average molecular weight is 671 g/mol. The first-order valence-corrected chi connectivity index (χ1v) is 15.0. The van der Waals surface area contributed by atoms with E-state index in [4.69, 9.17) is 28.9 Å². The van der Waals surface area contributed by atoms with Crippen LogP contribution in [0, 0.1) is 35.7 Å². The highest BCUT2D eigenvalue weighted by molar-refractivity contribution is 6.37. The van der Waals surface area contributed by atoms with E-state index in [1.807, 2.05) is 20.8 Å². The maximum absolute atomic E-state index is 14.7. The molecule has 1 unspecified atom stereocenters. The van der Waals surface area contributed by atoms with Crippen LogP contribution in [0.5, 0.6) is 0 Å². The number of piperazine rings is 1. The number of nitrogens with zero attached hydrogens (tertiary/aromatic N) is 6. The number of fused-ring (bicyclic) bond motifs is 1. The lowest BCUT2D eigenvalue weighted by Gasteiger charge is -2.41. The van der Waals surface area contributed by atoms with Gasteiger partial charge >= 0.3 is 0 Å². The topological polar surface area (TPSA) is 121 Å². The molecule has 1 aromatic carbocycles. The standard InChI is InChI=1S/C32H28Cl2F3N7O2/c1-6-20(45)43-10-9-42(13-16(43)5)30-17-11-19(33)28(21-22(34)23(35)24(36)25(37)26(21)39)41-31(17)44(32(46)18(30)12-38)29-15(4)7-8-40-27(29)14(2)3/h6-8,11,14,16H,1,9-10,13,39H2,2-5H3. The summed E-state index contributed by atoms with van der Waals surface area (Å²) >= 11 is 12.9. The van der Waals surface area contributed by atoms with E-state index < -0.39 is 39.3 Å². The van der Waals surface area contributed by atoms with Gasteiger partial charge in [-0.3, -0.25) is 19.1 Å². The van der Waals surface area contributed by atoms with Gasteiger partial charge in [0.05, 0.1) is 38.5 Å². The van der Waals surface area contributed by atoms with Gasteiger partial charge in [0.2, 0.25) is 5.91 Å². The Morgan fingerprint density at radius 3 is 2.50 bits per heavy atom. The number of aryl methyl sites for hydroxylation is 1. The Balaban J connectivity index is 1.94. The first-order valence-electron chi connectivity index (χ1n) is 14.2. The second-order valence-electron chi connectivity index (χ2n) is 11.3. The van der Waals surface area contributed by atoms with Gasteiger partial charge in [-0.15, -0.1) is 0 Å². The zero-order chi connectivity index (χ0) is 33.8. The fourth-order valence-electron chi connectivity index (χ4n) is 5.85. The van der Waals surface area contributed by atoms with E-state index in [1.165, 1.54) is 16.7 Å². The second kappa shape index (κ2) is 12.3. The quantitative estimate of drug-likeness (QED) is 0.115. The van der Waals surface area contributed by atoms with Crippen molar-refractivity contribution in [1.29, 1.82) is 5.26 Å². The summed E-state index contributed by atoms with van der Waals surface area (Å²) in [7, 11) is 0. The van der Waals surface area contributed by atoms with Gasteiger partial charge in [0.1, 0.15) is 17.3 Å². The number of nitriles is 1. The Morgan fingerprint density at radius 1 is 1.20 bits per heavy atom. The number of nitrogens with two attached hydrogens (primary N) is 1. The van der Waals surface area contributed by atoms with Crippen molar-refractivity contribution in [2.45, 2.75) is 39.7 Å². The van der Waals surface area contributed by atoms with E-state index in [-0.39, 0.29) is 70.5 Å². The summed E-state index contributed by atoms with van der Waals surface area (Å²) in [6.07, 6.45) is 2.81. The maximum Gasteiger partial charge on any atom is 0.276 e. The molecule has 1 aliphatic heterocycles. The first kappa shape index (κ1) is 32.8. The molecule has 1 amide bonds. The summed E-state index contributed by atoms with van der Waals surface area (Å²) in [6.45, 7) is 11.6. The van der Waals surface area contributed by atoms with Crippen LogP contribution >= 0.6 is 23.2 Å². The number of pyridine rings is 3. The summed E-state index contributed by atoms with van der Waals surface area (Å²) in [5, 5.41) is 9.62. The van der Waals surface area contributed by atoms with Crippen molar-refractivity contribution in [2.75, 3.05) is 30.3 Å². The lowest BCUT2D eigenvalue weighted by molar-refractivity contribution is -0.128. The van der Waals surface area contributed by atoms with Crippen LogP contribution in [-0.4, -0.2) is 51.0 Å². The second-order valence-corrected chi connectivity index (χ2v) is 12.0. The van der Waals surface area contributed by atoms with E-state index in [9.17, 15) is 28.0 Å². The minimum atomic E-state index is -1.86. The zero-order valence-corrected chi connectivity index (χ0v) is 26.8. The van der Waals surface area contributed by atoms with Gasteiger partial charge in [0, 0.05) is 42.8 Å². The molecule has 2 N–H and O–H groups in total. The van der Waals surface area contributed by atoms with Gasteiger partial charge in [-0.05, 0) is 43.5 Å². The number of rotatable bonds is 5. The van der Waals surface area contributed by atoms with Crippen molar-refractivity contribution in [2.24, 2.45) is 0 Å². The monoisotopic (exact) mass is 669 g/mol. The largest absolute Gasteiger partial charge is 0.396 e. The van der Waals surface area contributed by atoms with Crippen LogP contribution in [0.15, 0.2) is 35.8 Å². The van der Waals surface area contributed by atoms with E-state index >= 15 is 0 Å². The van der Waals surface area contributed by atoms with Crippen LogP contribution in [0.1, 0.15) is 43.5 Å². The van der Waals surface area contributed by atoms with Crippen LogP contribution in [0.3, 0.4) is 0 Å². The van der Waals surface area contributed by atoms with Crippen LogP contribution in [0.2, 0.25) is 10.0 Å². The molecule has 46 heavy (non-hydrogen) atoms. The van der Waals surface area contributed by atoms with Gasteiger partial charge in [0.15, 0.2) is 17.5 Å². The normalized spacial score (nSPS) is 15.0. The van der Waals surface area contributed by atoms with Crippen molar-refractivity contribution in [3.8, 4) is 23.0 Å². The molecular weight excluding hydrogens is 642 g/mol. The fourth-order valence-corrected chi connectivity index (χ4v) is 6.37. The summed E-state index contributed by atoms with van der Waals surface area (Å²) in [5.74, 6) is -5.68. The highest BCUT2D eigenvalue weighted by Crippen LogP contribution is 2.43. The zero-order valence-electron chi connectivity index (χ0n) is 25.3. The Morgan fingerprint density at radius 2 is 1.89 bits per heavy atom. The Labute approximate surface area is 272 Å². The lowest BCUT2D eigenvalue weighted by atomic mass is 10.0. The number of amides is 1. The number of carbonyl (C=O) groups excluding carboxylic acids is 1. The van der Waals surface area contributed by atoms with Gasteiger partial charge in [-0.1, -0.05) is 43.6 Å². The minimum absolute atomic E-state index is 0.0470. The molecular formula is C32H28Cl2F3N7O2. The molecule has 0 radical (unpaired) electrons. The van der Waals surface area contributed by atoms with Crippen molar-refractivity contribution in [3.63, 3.8) is 0 Å². The lowest BCUT2D eigenvalue weighted by Crippen LogP contribution is -2.54. The average Bonchev–Trinajstić information content (AvgIpc) is 3.02. The summed E-state index contributed by atoms with van der Waals surface area (Å²) < 4.78 is 44.8. The molecule has 0 spiro atoms. The number of benzene rings is 1. The molecule has 4 aromatic rings.